The number of carbonyl (C=O) groups excluding carboxylic acids is 1. The van der Waals surface area contributed by atoms with Gasteiger partial charge < -0.3 is 9.15 Å². The Hall–Kier alpha value is -2.32. The SMILES string of the molecule is CCn1c(SCC(=O)OCc2ccc(Cl)nc2)nnc1-c1ccco1. The molecule has 3 aromatic heterocycles. The molecule has 0 amide bonds. The third-order valence-electron chi connectivity index (χ3n) is 3.28. The summed E-state index contributed by atoms with van der Waals surface area (Å²) in [7, 11) is 0. The number of furan rings is 1. The van der Waals surface area contributed by atoms with Crippen LogP contribution in [0.2, 0.25) is 5.15 Å². The van der Waals surface area contributed by atoms with Crippen molar-refractivity contribution in [2.24, 2.45) is 0 Å². The van der Waals surface area contributed by atoms with Crippen molar-refractivity contribution in [3.8, 4) is 11.6 Å². The summed E-state index contributed by atoms with van der Waals surface area (Å²) in [5.74, 6) is 1.07. The molecule has 0 aromatic carbocycles. The Kier molecular flexibility index (Phi) is 5.72. The van der Waals surface area contributed by atoms with Crippen LogP contribution in [0.5, 0.6) is 0 Å². The average Bonchev–Trinajstić information content (AvgIpc) is 3.28. The maximum absolute atomic E-state index is 11.9. The number of pyridine rings is 1. The van der Waals surface area contributed by atoms with Gasteiger partial charge in [-0.05, 0) is 25.1 Å². The molecule has 0 radical (unpaired) electrons. The largest absolute Gasteiger partial charge is 0.461 e. The van der Waals surface area contributed by atoms with Gasteiger partial charge in [0.15, 0.2) is 16.7 Å². The zero-order valence-corrected chi connectivity index (χ0v) is 15.0. The molecule has 25 heavy (non-hydrogen) atoms. The van der Waals surface area contributed by atoms with Crippen LogP contribution in [0.4, 0.5) is 0 Å². The second-order valence-corrected chi connectivity index (χ2v) is 6.30. The minimum atomic E-state index is -0.342. The topological polar surface area (TPSA) is 83.0 Å². The first-order valence-corrected chi connectivity index (χ1v) is 8.89. The van der Waals surface area contributed by atoms with Crippen LogP contribution in [-0.2, 0) is 22.7 Å². The summed E-state index contributed by atoms with van der Waals surface area (Å²) in [6.45, 7) is 2.80. The highest BCUT2D eigenvalue weighted by molar-refractivity contribution is 7.99. The standard InChI is InChI=1S/C16H15ClN4O3S/c1-2-21-15(12-4-3-7-23-12)19-20-16(21)25-10-14(22)24-9-11-5-6-13(17)18-8-11/h3-8H,2,9-10H2,1H3. The Morgan fingerprint density at radius 2 is 2.24 bits per heavy atom. The van der Waals surface area contributed by atoms with Gasteiger partial charge in [-0.15, -0.1) is 10.2 Å². The average molecular weight is 379 g/mol. The second-order valence-electron chi connectivity index (χ2n) is 4.97. The first-order chi connectivity index (χ1) is 12.2. The highest BCUT2D eigenvalue weighted by Crippen LogP contribution is 2.24. The van der Waals surface area contributed by atoms with Crippen LogP contribution in [0, 0.1) is 0 Å². The summed E-state index contributed by atoms with van der Waals surface area (Å²) in [6.07, 6.45) is 3.16. The molecular weight excluding hydrogens is 364 g/mol. The Balaban J connectivity index is 1.56. The van der Waals surface area contributed by atoms with E-state index in [0.717, 1.165) is 5.56 Å². The number of thioether (sulfide) groups is 1. The number of hydrogen-bond acceptors (Lipinski definition) is 7. The maximum Gasteiger partial charge on any atom is 0.316 e. The van der Waals surface area contributed by atoms with Crippen LogP contribution in [0.15, 0.2) is 46.3 Å². The quantitative estimate of drug-likeness (QED) is 0.353. The summed E-state index contributed by atoms with van der Waals surface area (Å²) in [4.78, 5) is 15.9. The number of aromatic nitrogens is 4. The minimum absolute atomic E-state index is 0.136. The van der Waals surface area contributed by atoms with E-state index in [1.54, 1.807) is 30.7 Å². The third-order valence-corrected chi connectivity index (χ3v) is 4.45. The highest BCUT2D eigenvalue weighted by Gasteiger charge is 2.16. The zero-order chi connectivity index (χ0) is 17.6. The summed E-state index contributed by atoms with van der Waals surface area (Å²) in [6, 6.07) is 7.03. The smallest absolute Gasteiger partial charge is 0.316 e. The minimum Gasteiger partial charge on any atom is -0.461 e. The number of halogens is 1. The van der Waals surface area contributed by atoms with Gasteiger partial charge in [0.1, 0.15) is 11.8 Å². The van der Waals surface area contributed by atoms with Crippen molar-refractivity contribution in [2.75, 3.05) is 5.75 Å². The van der Waals surface area contributed by atoms with E-state index < -0.39 is 0 Å². The van der Waals surface area contributed by atoms with E-state index in [0.29, 0.717) is 28.4 Å². The molecule has 0 saturated heterocycles. The van der Waals surface area contributed by atoms with E-state index in [2.05, 4.69) is 15.2 Å². The molecule has 130 valence electrons. The molecule has 3 heterocycles. The molecule has 0 saturated carbocycles. The molecule has 0 fully saturated rings. The Bertz CT molecular complexity index is 834. The summed E-state index contributed by atoms with van der Waals surface area (Å²) in [5.41, 5.74) is 0.777. The molecule has 0 aliphatic carbocycles. The van der Waals surface area contributed by atoms with Crippen molar-refractivity contribution in [3.63, 3.8) is 0 Å². The fourth-order valence-corrected chi connectivity index (χ4v) is 3.00. The molecule has 3 aromatic rings. The van der Waals surface area contributed by atoms with E-state index >= 15 is 0 Å². The highest BCUT2D eigenvalue weighted by atomic mass is 35.5. The van der Waals surface area contributed by atoms with E-state index in [1.165, 1.54) is 11.8 Å². The van der Waals surface area contributed by atoms with E-state index in [-0.39, 0.29) is 18.3 Å². The monoisotopic (exact) mass is 378 g/mol. The fraction of sp³-hybridized carbons (Fsp3) is 0.250. The number of hydrogen-bond donors (Lipinski definition) is 0. The molecule has 0 spiro atoms. The molecule has 0 unspecified atom stereocenters. The molecule has 0 atom stereocenters. The molecule has 9 heteroatoms. The van der Waals surface area contributed by atoms with Gasteiger partial charge in [-0.1, -0.05) is 29.4 Å². The number of ether oxygens (including phenoxy) is 1. The van der Waals surface area contributed by atoms with Crippen molar-refractivity contribution in [1.82, 2.24) is 19.7 Å². The maximum atomic E-state index is 11.9. The van der Waals surface area contributed by atoms with Crippen LogP contribution in [0.1, 0.15) is 12.5 Å². The van der Waals surface area contributed by atoms with Gasteiger partial charge >= 0.3 is 5.97 Å². The first-order valence-electron chi connectivity index (χ1n) is 7.53. The van der Waals surface area contributed by atoms with Crippen molar-refractivity contribution < 1.29 is 13.9 Å². The first kappa shape index (κ1) is 17.5. The molecule has 0 bridgehead atoms. The van der Waals surface area contributed by atoms with Crippen molar-refractivity contribution in [3.05, 3.63) is 47.4 Å². The van der Waals surface area contributed by atoms with Gasteiger partial charge in [-0.2, -0.15) is 0 Å². The normalized spacial score (nSPS) is 10.8. The second kappa shape index (κ2) is 8.17. The summed E-state index contributed by atoms with van der Waals surface area (Å²) < 4.78 is 12.5. The summed E-state index contributed by atoms with van der Waals surface area (Å²) in [5, 5.41) is 9.30. The Morgan fingerprint density at radius 3 is 2.92 bits per heavy atom. The van der Waals surface area contributed by atoms with Crippen LogP contribution in [0.25, 0.3) is 11.6 Å². The number of rotatable bonds is 7. The lowest BCUT2D eigenvalue weighted by molar-refractivity contribution is -0.141. The predicted octanol–water partition coefficient (Wildman–Crippen LogP) is 3.44. The van der Waals surface area contributed by atoms with Gasteiger partial charge in [0.25, 0.3) is 0 Å². The van der Waals surface area contributed by atoms with Crippen LogP contribution in [-0.4, -0.2) is 31.5 Å². The lowest BCUT2D eigenvalue weighted by Gasteiger charge is -2.06. The number of carbonyl (C=O) groups is 1. The predicted molar refractivity (Wildman–Crippen MR) is 93.2 cm³/mol. The van der Waals surface area contributed by atoms with Crippen LogP contribution in [0.3, 0.4) is 0 Å². The molecule has 0 N–H and O–H groups in total. The lowest BCUT2D eigenvalue weighted by atomic mass is 10.3. The molecular formula is C16H15ClN4O3S. The van der Waals surface area contributed by atoms with Gasteiger partial charge in [-0.25, -0.2) is 4.98 Å². The van der Waals surface area contributed by atoms with Gasteiger partial charge in [0.05, 0.1) is 12.0 Å². The molecule has 7 nitrogen and oxygen atoms in total. The van der Waals surface area contributed by atoms with Crippen molar-refractivity contribution in [1.29, 1.82) is 0 Å². The van der Waals surface area contributed by atoms with E-state index in [1.807, 2.05) is 17.6 Å². The van der Waals surface area contributed by atoms with E-state index in [4.69, 9.17) is 20.8 Å². The third kappa shape index (κ3) is 4.40. The van der Waals surface area contributed by atoms with Crippen molar-refractivity contribution >= 4 is 29.3 Å². The lowest BCUT2D eigenvalue weighted by Crippen LogP contribution is -2.08. The van der Waals surface area contributed by atoms with Crippen LogP contribution < -0.4 is 0 Å². The van der Waals surface area contributed by atoms with Gasteiger partial charge in [0.2, 0.25) is 0 Å². The van der Waals surface area contributed by atoms with Gasteiger partial charge in [-0.3, -0.25) is 9.36 Å². The Morgan fingerprint density at radius 1 is 1.36 bits per heavy atom. The van der Waals surface area contributed by atoms with E-state index in [9.17, 15) is 4.79 Å². The van der Waals surface area contributed by atoms with Crippen molar-refractivity contribution in [2.45, 2.75) is 25.2 Å². The molecule has 0 aliphatic heterocycles. The van der Waals surface area contributed by atoms with Crippen LogP contribution >= 0.6 is 23.4 Å². The molecule has 3 rings (SSSR count). The fourth-order valence-electron chi connectivity index (χ4n) is 2.09. The Labute approximate surface area is 153 Å². The molecule has 0 aliphatic rings. The number of esters is 1. The zero-order valence-electron chi connectivity index (χ0n) is 13.4. The summed E-state index contributed by atoms with van der Waals surface area (Å²) >= 11 is 6.99. The van der Waals surface area contributed by atoms with Gasteiger partial charge in [0, 0.05) is 18.3 Å². The number of nitrogens with zero attached hydrogens (tertiary/aromatic N) is 4.